The van der Waals surface area contributed by atoms with Crippen molar-refractivity contribution in [1.29, 1.82) is 0 Å². The van der Waals surface area contributed by atoms with Crippen LogP contribution in [0, 0.1) is 0 Å². The molecule has 0 spiro atoms. The first-order valence-corrected chi connectivity index (χ1v) is 4.79. The van der Waals surface area contributed by atoms with Crippen LogP contribution in [-0.4, -0.2) is 48.8 Å². The number of aliphatic hydroxyl groups is 1. The molecule has 1 saturated heterocycles. The average molecular weight is 172 g/mol. The highest BCUT2D eigenvalue weighted by Gasteiger charge is 2.19. The molecule has 0 aromatic rings. The summed E-state index contributed by atoms with van der Waals surface area (Å²) >= 11 is 0. The van der Waals surface area contributed by atoms with Crippen molar-refractivity contribution in [3.05, 3.63) is 0 Å². The molecular formula is C9H20N2O. The van der Waals surface area contributed by atoms with Crippen molar-refractivity contribution in [1.82, 2.24) is 10.2 Å². The van der Waals surface area contributed by atoms with Gasteiger partial charge in [-0.1, -0.05) is 0 Å². The maximum atomic E-state index is 9.02. The van der Waals surface area contributed by atoms with Gasteiger partial charge >= 0.3 is 0 Å². The largest absolute Gasteiger partial charge is 0.392 e. The van der Waals surface area contributed by atoms with Crippen LogP contribution in [0.4, 0.5) is 0 Å². The van der Waals surface area contributed by atoms with E-state index in [0.29, 0.717) is 12.6 Å². The van der Waals surface area contributed by atoms with Crippen LogP contribution in [0.5, 0.6) is 0 Å². The monoisotopic (exact) mass is 172 g/mol. The summed E-state index contributed by atoms with van der Waals surface area (Å²) < 4.78 is 0. The van der Waals surface area contributed by atoms with Gasteiger partial charge in [0.15, 0.2) is 0 Å². The van der Waals surface area contributed by atoms with Crippen LogP contribution >= 0.6 is 0 Å². The lowest BCUT2D eigenvalue weighted by Gasteiger charge is -2.20. The van der Waals surface area contributed by atoms with E-state index in [2.05, 4.69) is 17.3 Å². The highest BCUT2D eigenvalue weighted by molar-refractivity contribution is 4.78. The van der Waals surface area contributed by atoms with E-state index in [1.165, 1.54) is 19.4 Å². The van der Waals surface area contributed by atoms with Crippen LogP contribution in [-0.2, 0) is 0 Å². The van der Waals surface area contributed by atoms with E-state index in [9.17, 15) is 0 Å². The summed E-state index contributed by atoms with van der Waals surface area (Å²) in [6, 6.07) is 0.684. The lowest BCUT2D eigenvalue weighted by atomic mass is 10.2. The number of hydrogen-bond acceptors (Lipinski definition) is 3. The fourth-order valence-electron chi connectivity index (χ4n) is 1.70. The fraction of sp³-hybridized carbons (Fsp3) is 1.00. The molecule has 0 bridgehead atoms. The Labute approximate surface area is 74.8 Å². The molecule has 12 heavy (non-hydrogen) atoms. The number of aliphatic hydroxyl groups excluding tert-OH is 1. The van der Waals surface area contributed by atoms with Gasteiger partial charge in [0.1, 0.15) is 0 Å². The van der Waals surface area contributed by atoms with Crippen molar-refractivity contribution in [3.8, 4) is 0 Å². The minimum Gasteiger partial charge on any atom is -0.392 e. The van der Waals surface area contributed by atoms with E-state index >= 15 is 0 Å². The summed E-state index contributed by atoms with van der Waals surface area (Å²) in [4.78, 5) is 2.38. The summed E-state index contributed by atoms with van der Waals surface area (Å²) in [6.45, 7) is 4.76. The molecule has 1 unspecified atom stereocenters. The van der Waals surface area contributed by atoms with Crippen LogP contribution < -0.4 is 5.32 Å². The van der Waals surface area contributed by atoms with E-state index in [4.69, 9.17) is 5.11 Å². The third-order valence-corrected chi connectivity index (χ3v) is 2.49. The minimum atomic E-state index is -0.225. The maximum Gasteiger partial charge on any atom is 0.0636 e. The zero-order chi connectivity index (χ0) is 8.97. The van der Waals surface area contributed by atoms with Gasteiger partial charge < -0.3 is 15.3 Å². The van der Waals surface area contributed by atoms with Crippen molar-refractivity contribution >= 4 is 0 Å². The molecule has 1 heterocycles. The highest BCUT2D eigenvalue weighted by Crippen LogP contribution is 2.13. The predicted molar refractivity (Wildman–Crippen MR) is 50.2 cm³/mol. The molecule has 1 fully saturated rings. The van der Waals surface area contributed by atoms with Gasteiger partial charge in [-0.3, -0.25) is 0 Å². The molecule has 0 saturated carbocycles. The molecule has 2 atom stereocenters. The Morgan fingerprint density at radius 1 is 1.67 bits per heavy atom. The third-order valence-electron chi connectivity index (χ3n) is 2.49. The highest BCUT2D eigenvalue weighted by atomic mass is 16.3. The van der Waals surface area contributed by atoms with Gasteiger partial charge in [0.2, 0.25) is 0 Å². The second-order valence-corrected chi connectivity index (χ2v) is 3.78. The zero-order valence-corrected chi connectivity index (χ0v) is 8.08. The fourth-order valence-corrected chi connectivity index (χ4v) is 1.70. The Morgan fingerprint density at radius 2 is 2.42 bits per heavy atom. The van der Waals surface area contributed by atoms with E-state index in [-0.39, 0.29) is 6.10 Å². The smallest absolute Gasteiger partial charge is 0.0636 e. The number of likely N-dealkylation sites (N-methyl/N-ethyl adjacent to an activating group) is 1. The van der Waals surface area contributed by atoms with Gasteiger partial charge in [0.05, 0.1) is 6.10 Å². The standard InChI is InChI=1S/C9H20N2O/c1-8(12)6-10-7-9-4-3-5-11(9)2/h8-10,12H,3-7H2,1-2H3/t8-,9?/m0/s1. The molecule has 0 amide bonds. The van der Waals surface area contributed by atoms with Crippen molar-refractivity contribution in [2.24, 2.45) is 0 Å². The molecule has 0 aliphatic carbocycles. The number of nitrogens with one attached hydrogen (secondary N) is 1. The second kappa shape index (κ2) is 4.80. The maximum absolute atomic E-state index is 9.02. The lowest BCUT2D eigenvalue weighted by Crippen LogP contribution is -2.37. The summed E-state index contributed by atoms with van der Waals surface area (Å²) in [5, 5.41) is 12.3. The number of rotatable bonds is 4. The number of hydrogen-bond donors (Lipinski definition) is 2. The van der Waals surface area contributed by atoms with Crippen LogP contribution in [0.3, 0.4) is 0 Å². The molecule has 0 radical (unpaired) electrons. The summed E-state index contributed by atoms with van der Waals surface area (Å²) in [6.07, 6.45) is 2.39. The first-order chi connectivity index (χ1) is 5.70. The molecule has 3 heteroatoms. The minimum absolute atomic E-state index is 0.225. The normalized spacial score (nSPS) is 27.8. The third kappa shape index (κ3) is 3.09. The van der Waals surface area contributed by atoms with E-state index in [1.807, 2.05) is 6.92 Å². The Bertz CT molecular complexity index is 128. The van der Waals surface area contributed by atoms with Gasteiger partial charge in [0.25, 0.3) is 0 Å². The average Bonchev–Trinajstić information content (AvgIpc) is 2.36. The molecule has 1 aliphatic rings. The van der Waals surface area contributed by atoms with E-state index in [1.54, 1.807) is 0 Å². The molecule has 3 nitrogen and oxygen atoms in total. The van der Waals surface area contributed by atoms with Gasteiger partial charge in [-0.15, -0.1) is 0 Å². The molecule has 2 N–H and O–H groups in total. The van der Waals surface area contributed by atoms with Crippen molar-refractivity contribution in [2.75, 3.05) is 26.7 Å². The predicted octanol–water partition coefficient (Wildman–Crippen LogP) is 0.0510. The van der Waals surface area contributed by atoms with Crippen LogP contribution in [0.1, 0.15) is 19.8 Å². The van der Waals surface area contributed by atoms with E-state index < -0.39 is 0 Å². The van der Waals surface area contributed by atoms with Gasteiger partial charge in [-0.25, -0.2) is 0 Å². The van der Waals surface area contributed by atoms with Crippen molar-refractivity contribution in [3.63, 3.8) is 0 Å². The Balaban J connectivity index is 2.06. The quantitative estimate of drug-likeness (QED) is 0.629. The van der Waals surface area contributed by atoms with Crippen molar-refractivity contribution in [2.45, 2.75) is 31.9 Å². The number of likely N-dealkylation sites (tertiary alicyclic amines) is 1. The second-order valence-electron chi connectivity index (χ2n) is 3.78. The molecule has 0 aromatic heterocycles. The van der Waals surface area contributed by atoms with Gasteiger partial charge in [0, 0.05) is 19.1 Å². The van der Waals surface area contributed by atoms with Crippen LogP contribution in [0.25, 0.3) is 0 Å². The Hall–Kier alpha value is -0.120. The summed E-state index contributed by atoms with van der Waals surface area (Å²) in [5.74, 6) is 0. The lowest BCUT2D eigenvalue weighted by molar-refractivity contribution is 0.186. The Kier molecular flexibility index (Phi) is 3.98. The first-order valence-electron chi connectivity index (χ1n) is 4.79. The van der Waals surface area contributed by atoms with Crippen LogP contribution in [0.2, 0.25) is 0 Å². The SMILES string of the molecule is C[C@H](O)CNCC1CCCN1C. The number of nitrogens with zero attached hydrogens (tertiary/aromatic N) is 1. The van der Waals surface area contributed by atoms with Gasteiger partial charge in [-0.05, 0) is 33.4 Å². The first kappa shape index (κ1) is 9.96. The topological polar surface area (TPSA) is 35.5 Å². The molecular weight excluding hydrogens is 152 g/mol. The van der Waals surface area contributed by atoms with E-state index in [0.717, 1.165) is 6.54 Å². The summed E-state index contributed by atoms with van der Waals surface area (Å²) in [5.41, 5.74) is 0. The summed E-state index contributed by atoms with van der Waals surface area (Å²) in [7, 11) is 2.17. The van der Waals surface area contributed by atoms with Crippen molar-refractivity contribution < 1.29 is 5.11 Å². The Morgan fingerprint density at radius 3 is 2.92 bits per heavy atom. The molecule has 1 aliphatic heterocycles. The molecule has 1 rings (SSSR count). The zero-order valence-electron chi connectivity index (χ0n) is 8.08. The molecule has 72 valence electrons. The molecule has 0 aromatic carbocycles. The van der Waals surface area contributed by atoms with Crippen LogP contribution in [0.15, 0.2) is 0 Å². The van der Waals surface area contributed by atoms with Gasteiger partial charge in [-0.2, -0.15) is 0 Å².